The van der Waals surface area contributed by atoms with Crippen molar-refractivity contribution >= 4 is 0 Å². The van der Waals surface area contributed by atoms with Crippen LogP contribution in [0.25, 0.3) is 0 Å². The molecule has 0 spiro atoms. The SMILES string of the molecule is Cc1nn(C)c(COC2COC2)c1CO. The molecule has 0 bridgehead atoms. The normalized spacial score (nSPS) is 16.7. The Hall–Kier alpha value is -0.910. The zero-order valence-corrected chi connectivity index (χ0v) is 9.06. The van der Waals surface area contributed by atoms with E-state index in [4.69, 9.17) is 9.47 Å². The van der Waals surface area contributed by atoms with E-state index in [1.165, 1.54) is 0 Å². The Kier molecular flexibility index (Phi) is 3.04. The van der Waals surface area contributed by atoms with E-state index < -0.39 is 0 Å². The van der Waals surface area contributed by atoms with Gasteiger partial charge in [0, 0.05) is 12.6 Å². The summed E-state index contributed by atoms with van der Waals surface area (Å²) in [5.74, 6) is 0. The van der Waals surface area contributed by atoms with E-state index in [-0.39, 0.29) is 12.7 Å². The minimum Gasteiger partial charge on any atom is -0.392 e. The number of hydrogen-bond acceptors (Lipinski definition) is 4. The fraction of sp³-hybridized carbons (Fsp3) is 0.700. The fourth-order valence-corrected chi connectivity index (χ4v) is 1.64. The molecule has 1 N–H and O–H groups in total. The van der Waals surface area contributed by atoms with Gasteiger partial charge in [-0.25, -0.2) is 0 Å². The van der Waals surface area contributed by atoms with Crippen molar-refractivity contribution in [2.24, 2.45) is 7.05 Å². The fourth-order valence-electron chi connectivity index (χ4n) is 1.64. The monoisotopic (exact) mass is 212 g/mol. The molecule has 0 aromatic carbocycles. The maximum absolute atomic E-state index is 9.22. The van der Waals surface area contributed by atoms with Gasteiger partial charge in [0.2, 0.25) is 0 Å². The molecule has 0 aliphatic carbocycles. The molecule has 0 saturated carbocycles. The van der Waals surface area contributed by atoms with Crippen molar-refractivity contribution in [1.82, 2.24) is 9.78 Å². The first-order valence-corrected chi connectivity index (χ1v) is 5.04. The average Bonchev–Trinajstić information content (AvgIpc) is 2.39. The Labute approximate surface area is 88.6 Å². The Morgan fingerprint density at radius 2 is 2.33 bits per heavy atom. The van der Waals surface area contributed by atoms with Crippen LogP contribution >= 0.6 is 0 Å². The van der Waals surface area contributed by atoms with Crippen LogP contribution in [0.1, 0.15) is 17.0 Å². The van der Waals surface area contributed by atoms with Crippen LogP contribution in [0.3, 0.4) is 0 Å². The summed E-state index contributed by atoms with van der Waals surface area (Å²) in [6.07, 6.45) is 0.201. The molecule has 1 aliphatic rings. The second kappa shape index (κ2) is 4.30. The van der Waals surface area contributed by atoms with Gasteiger partial charge in [0.15, 0.2) is 0 Å². The molecule has 84 valence electrons. The first kappa shape index (κ1) is 10.6. The summed E-state index contributed by atoms with van der Waals surface area (Å²) in [6, 6.07) is 0. The number of nitrogens with zero attached hydrogens (tertiary/aromatic N) is 2. The summed E-state index contributed by atoms with van der Waals surface area (Å²) in [5.41, 5.74) is 2.68. The van der Waals surface area contributed by atoms with Gasteiger partial charge in [-0.05, 0) is 6.92 Å². The van der Waals surface area contributed by atoms with Gasteiger partial charge < -0.3 is 14.6 Å². The summed E-state index contributed by atoms with van der Waals surface area (Å²) >= 11 is 0. The molecule has 2 heterocycles. The van der Waals surface area contributed by atoms with E-state index in [2.05, 4.69) is 5.10 Å². The second-order valence-corrected chi connectivity index (χ2v) is 3.76. The van der Waals surface area contributed by atoms with Gasteiger partial charge in [0.1, 0.15) is 6.10 Å². The van der Waals surface area contributed by atoms with Crippen molar-refractivity contribution in [3.05, 3.63) is 17.0 Å². The first-order chi connectivity index (χ1) is 7.22. The molecular weight excluding hydrogens is 196 g/mol. The predicted molar refractivity (Wildman–Crippen MR) is 53.3 cm³/mol. The van der Waals surface area contributed by atoms with Crippen molar-refractivity contribution in [3.63, 3.8) is 0 Å². The van der Waals surface area contributed by atoms with Crippen molar-refractivity contribution in [2.75, 3.05) is 13.2 Å². The number of aliphatic hydroxyl groups is 1. The third-order valence-electron chi connectivity index (χ3n) is 2.70. The average molecular weight is 212 g/mol. The van der Waals surface area contributed by atoms with Crippen molar-refractivity contribution in [3.8, 4) is 0 Å². The second-order valence-electron chi connectivity index (χ2n) is 3.76. The molecule has 1 fully saturated rings. The van der Waals surface area contributed by atoms with Crippen LogP contribution in [0.15, 0.2) is 0 Å². The highest BCUT2D eigenvalue weighted by molar-refractivity contribution is 5.24. The van der Waals surface area contributed by atoms with Crippen molar-refractivity contribution in [1.29, 1.82) is 0 Å². The van der Waals surface area contributed by atoms with Gasteiger partial charge >= 0.3 is 0 Å². The van der Waals surface area contributed by atoms with E-state index in [9.17, 15) is 5.11 Å². The Balaban J connectivity index is 2.04. The number of aryl methyl sites for hydroxylation is 2. The number of rotatable bonds is 4. The molecule has 1 aliphatic heterocycles. The van der Waals surface area contributed by atoms with E-state index in [0.29, 0.717) is 19.8 Å². The van der Waals surface area contributed by atoms with E-state index in [1.54, 1.807) is 4.68 Å². The minimum absolute atomic E-state index is 0.0134. The third-order valence-corrected chi connectivity index (χ3v) is 2.70. The highest BCUT2D eigenvalue weighted by Gasteiger charge is 2.20. The largest absolute Gasteiger partial charge is 0.392 e. The Morgan fingerprint density at radius 1 is 1.60 bits per heavy atom. The number of hydrogen-bond donors (Lipinski definition) is 1. The highest BCUT2D eigenvalue weighted by atomic mass is 16.6. The molecule has 0 radical (unpaired) electrons. The standard InChI is InChI=1S/C10H16N2O3/c1-7-9(3-13)10(12(2)11-7)6-15-8-4-14-5-8/h8,13H,3-6H2,1-2H3. The molecule has 5 heteroatoms. The zero-order valence-electron chi connectivity index (χ0n) is 9.06. The Morgan fingerprint density at radius 3 is 2.87 bits per heavy atom. The molecule has 0 atom stereocenters. The molecule has 2 rings (SSSR count). The van der Waals surface area contributed by atoms with E-state index in [1.807, 2.05) is 14.0 Å². The topological polar surface area (TPSA) is 56.5 Å². The molecule has 1 aromatic rings. The molecule has 15 heavy (non-hydrogen) atoms. The van der Waals surface area contributed by atoms with Crippen LogP contribution in [0.5, 0.6) is 0 Å². The summed E-state index contributed by atoms with van der Waals surface area (Å²) in [4.78, 5) is 0. The van der Waals surface area contributed by atoms with Crippen LogP contribution < -0.4 is 0 Å². The lowest BCUT2D eigenvalue weighted by atomic mass is 10.2. The van der Waals surface area contributed by atoms with Crippen LogP contribution in [0.4, 0.5) is 0 Å². The van der Waals surface area contributed by atoms with Crippen molar-refractivity contribution in [2.45, 2.75) is 26.2 Å². The van der Waals surface area contributed by atoms with E-state index >= 15 is 0 Å². The van der Waals surface area contributed by atoms with Gasteiger partial charge in [-0.3, -0.25) is 4.68 Å². The molecule has 5 nitrogen and oxygen atoms in total. The Bertz CT molecular complexity index is 345. The maximum Gasteiger partial charge on any atom is 0.105 e. The summed E-state index contributed by atoms with van der Waals surface area (Å²) in [6.45, 7) is 3.74. The maximum atomic E-state index is 9.22. The number of aliphatic hydroxyl groups excluding tert-OH is 1. The molecule has 1 saturated heterocycles. The zero-order chi connectivity index (χ0) is 10.8. The summed E-state index contributed by atoms with van der Waals surface area (Å²) in [5, 5.41) is 13.5. The van der Waals surface area contributed by atoms with Gasteiger partial charge in [-0.1, -0.05) is 0 Å². The summed E-state index contributed by atoms with van der Waals surface area (Å²) < 4.78 is 12.4. The molecular formula is C10H16N2O3. The quantitative estimate of drug-likeness (QED) is 0.771. The first-order valence-electron chi connectivity index (χ1n) is 5.04. The molecule has 0 unspecified atom stereocenters. The summed E-state index contributed by atoms with van der Waals surface area (Å²) in [7, 11) is 1.86. The lowest BCUT2D eigenvalue weighted by Crippen LogP contribution is -2.36. The number of ether oxygens (including phenoxy) is 2. The molecule has 0 amide bonds. The molecule has 1 aromatic heterocycles. The van der Waals surface area contributed by atoms with Gasteiger partial charge in [0.25, 0.3) is 0 Å². The van der Waals surface area contributed by atoms with E-state index in [0.717, 1.165) is 17.0 Å². The van der Waals surface area contributed by atoms with Crippen LogP contribution in [0, 0.1) is 6.92 Å². The van der Waals surface area contributed by atoms with Crippen molar-refractivity contribution < 1.29 is 14.6 Å². The van der Waals surface area contributed by atoms with Crippen LogP contribution in [0.2, 0.25) is 0 Å². The minimum atomic E-state index is 0.0134. The highest BCUT2D eigenvalue weighted by Crippen LogP contribution is 2.16. The van der Waals surface area contributed by atoms with Crippen LogP contribution in [-0.2, 0) is 29.7 Å². The van der Waals surface area contributed by atoms with Gasteiger partial charge in [0.05, 0.1) is 37.8 Å². The van der Waals surface area contributed by atoms with Crippen LogP contribution in [-0.4, -0.2) is 34.2 Å². The lowest BCUT2D eigenvalue weighted by Gasteiger charge is -2.26. The lowest BCUT2D eigenvalue weighted by molar-refractivity contribution is -0.136. The number of aromatic nitrogens is 2. The predicted octanol–water partition coefficient (Wildman–Crippen LogP) is 0.136. The third kappa shape index (κ3) is 2.04. The smallest absolute Gasteiger partial charge is 0.105 e. The van der Waals surface area contributed by atoms with Gasteiger partial charge in [-0.2, -0.15) is 5.10 Å². The van der Waals surface area contributed by atoms with Gasteiger partial charge in [-0.15, -0.1) is 0 Å².